The third-order valence-corrected chi connectivity index (χ3v) is 9.78. The number of nitrogens with zero attached hydrogens (tertiary/aromatic N) is 3. The Hall–Kier alpha value is -3.67. The lowest BCUT2D eigenvalue weighted by Crippen LogP contribution is -2.47. The zero-order valence-electron chi connectivity index (χ0n) is 26.9. The van der Waals surface area contributed by atoms with Crippen molar-refractivity contribution in [1.29, 1.82) is 0 Å². The molecule has 6 rings (SSSR count). The summed E-state index contributed by atoms with van der Waals surface area (Å²) >= 11 is 2.29. The van der Waals surface area contributed by atoms with Crippen LogP contribution >= 0.6 is 22.6 Å². The number of allylic oxidation sites excluding steroid dienone is 2. The maximum atomic E-state index is 13.6. The number of hydroxylamine groups is 1. The third kappa shape index (κ3) is 6.86. The molecule has 2 atom stereocenters. The standard InChI is InChI=1S/C36H43IN4O5/c1-24-19-27(37)13-16-31(24)41-25(2)38-30-15-14-28(20-29(30)36(41)42)45-17-9-5-4-6-10-18-46-34-23-39-21-26-11-7-8-12-32(26)40(43)22-33(39)35(34)44-3/h12-16,19-20,22-23,25-26,38H,4-11,17-18,21H2,1-3H3/t25?,26-/m0/s1. The maximum absolute atomic E-state index is 13.6. The van der Waals surface area contributed by atoms with Crippen LogP contribution in [0, 0.1) is 21.6 Å². The lowest BCUT2D eigenvalue weighted by Gasteiger charge is -2.36. The molecule has 1 aromatic heterocycles. The molecule has 0 saturated heterocycles. The van der Waals surface area contributed by atoms with Crippen LogP contribution in [-0.2, 0) is 6.54 Å². The smallest absolute Gasteiger partial charge is 0.262 e. The van der Waals surface area contributed by atoms with E-state index in [-0.39, 0.29) is 18.0 Å². The molecular formula is C36H43IN4O5. The van der Waals surface area contributed by atoms with Gasteiger partial charge in [-0.2, -0.15) is 4.74 Å². The zero-order chi connectivity index (χ0) is 32.2. The summed E-state index contributed by atoms with van der Waals surface area (Å²) in [6.45, 7) is 6.01. The summed E-state index contributed by atoms with van der Waals surface area (Å²) in [5.74, 6) is 2.25. The van der Waals surface area contributed by atoms with Gasteiger partial charge in [0, 0.05) is 21.5 Å². The van der Waals surface area contributed by atoms with E-state index in [9.17, 15) is 10.0 Å². The van der Waals surface area contributed by atoms with Gasteiger partial charge < -0.3 is 29.3 Å². The number of carbonyl (C=O) groups excluding carboxylic acids is 1. The fourth-order valence-corrected chi connectivity index (χ4v) is 7.40. The summed E-state index contributed by atoms with van der Waals surface area (Å²) < 4.78 is 22.1. The molecule has 0 spiro atoms. The van der Waals surface area contributed by atoms with Crippen molar-refractivity contribution in [2.24, 2.45) is 5.92 Å². The summed E-state index contributed by atoms with van der Waals surface area (Å²) in [4.78, 5) is 15.4. The normalized spacial score (nSPS) is 18.8. The lowest BCUT2D eigenvalue weighted by atomic mass is 9.92. The number of unbranched alkanes of at least 4 members (excludes halogenated alkanes) is 4. The molecule has 0 radical (unpaired) electrons. The predicted molar refractivity (Wildman–Crippen MR) is 190 cm³/mol. The lowest BCUT2D eigenvalue weighted by molar-refractivity contribution is -0.406. The highest BCUT2D eigenvalue weighted by Crippen LogP contribution is 2.38. The molecule has 3 heterocycles. The molecule has 3 aliphatic rings. The van der Waals surface area contributed by atoms with E-state index in [0.717, 1.165) is 94.5 Å². The van der Waals surface area contributed by atoms with Crippen molar-refractivity contribution in [3.63, 3.8) is 0 Å². The second kappa shape index (κ2) is 14.4. The van der Waals surface area contributed by atoms with E-state index in [4.69, 9.17) is 14.2 Å². The molecular weight excluding hydrogens is 695 g/mol. The van der Waals surface area contributed by atoms with Gasteiger partial charge in [0.1, 0.15) is 11.9 Å². The monoisotopic (exact) mass is 738 g/mol. The molecule has 0 fully saturated rings. The number of aryl methyl sites for hydroxylation is 1. The first-order valence-electron chi connectivity index (χ1n) is 16.4. The van der Waals surface area contributed by atoms with Crippen molar-refractivity contribution in [2.45, 2.75) is 77.9 Å². The van der Waals surface area contributed by atoms with Crippen molar-refractivity contribution in [3.8, 4) is 17.2 Å². The van der Waals surface area contributed by atoms with E-state index < -0.39 is 0 Å². The van der Waals surface area contributed by atoms with Gasteiger partial charge in [-0.25, -0.2) is 0 Å². The number of benzene rings is 2. The number of hydrogen-bond acceptors (Lipinski definition) is 6. The van der Waals surface area contributed by atoms with Gasteiger partial charge in [-0.1, -0.05) is 19.3 Å². The highest BCUT2D eigenvalue weighted by Gasteiger charge is 2.33. The number of fused-ring (bicyclic) bond motifs is 3. The van der Waals surface area contributed by atoms with E-state index >= 15 is 0 Å². The molecule has 0 saturated carbocycles. The third-order valence-electron chi connectivity index (χ3n) is 9.11. The number of hydrogen-bond donors (Lipinski definition) is 1. The highest BCUT2D eigenvalue weighted by atomic mass is 127. The molecule has 46 heavy (non-hydrogen) atoms. The van der Waals surface area contributed by atoms with Crippen LogP contribution in [0.2, 0.25) is 0 Å². The van der Waals surface area contributed by atoms with Crippen LogP contribution in [0.3, 0.4) is 0 Å². The fraction of sp³-hybridized carbons (Fsp3) is 0.444. The average molecular weight is 739 g/mol. The Labute approximate surface area is 284 Å². The summed E-state index contributed by atoms with van der Waals surface area (Å²) in [6, 6.07) is 11.9. The van der Waals surface area contributed by atoms with Crippen LogP contribution in [0.15, 0.2) is 54.4 Å². The van der Waals surface area contributed by atoms with Crippen molar-refractivity contribution < 1.29 is 23.7 Å². The minimum Gasteiger partial charge on any atom is -0.618 e. The van der Waals surface area contributed by atoms with E-state index in [2.05, 4.69) is 44.6 Å². The van der Waals surface area contributed by atoms with E-state index in [1.54, 1.807) is 13.3 Å². The number of halogens is 1. The number of rotatable bonds is 12. The first kappa shape index (κ1) is 32.3. The van der Waals surface area contributed by atoms with Crippen molar-refractivity contribution in [1.82, 2.24) is 4.57 Å². The second-order valence-corrected chi connectivity index (χ2v) is 13.6. The molecule has 10 heteroatoms. The van der Waals surface area contributed by atoms with Crippen molar-refractivity contribution >= 4 is 46.1 Å². The predicted octanol–water partition coefficient (Wildman–Crippen LogP) is 7.86. The Morgan fingerprint density at radius 1 is 1.07 bits per heavy atom. The fourth-order valence-electron chi connectivity index (χ4n) is 6.75. The quantitative estimate of drug-likeness (QED) is 0.0881. The zero-order valence-corrected chi connectivity index (χ0v) is 29.0. The summed E-state index contributed by atoms with van der Waals surface area (Å²) in [7, 11) is 1.63. The summed E-state index contributed by atoms with van der Waals surface area (Å²) in [5, 5.41) is 16.3. The molecule has 1 N–H and O–H groups in total. The Morgan fingerprint density at radius 3 is 2.63 bits per heavy atom. The van der Waals surface area contributed by atoms with Gasteiger partial charge in [-0.3, -0.25) is 9.69 Å². The van der Waals surface area contributed by atoms with Gasteiger partial charge in [0.05, 0.1) is 38.0 Å². The number of aromatic nitrogens is 1. The van der Waals surface area contributed by atoms with E-state index in [1.807, 2.05) is 55.3 Å². The Kier molecular flexibility index (Phi) is 10.1. The number of anilines is 2. The highest BCUT2D eigenvalue weighted by molar-refractivity contribution is 14.1. The van der Waals surface area contributed by atoms with E-state index in [1.165, 1.54) is 0 Å². The average Bonchev–Trinajstić information content (AvgIpc) is 3.29. The van der Waals surface area contributed by atoms with Crippen LogP contribution in [0.25, 0.3) is 0 Å². The van der Waals surface area contributed by atoms with Crippen LogP contribution < -0.4 is 24.4 Å². The van der Waals surface area contributed by atoms with Crippen molar-refractivity contribution in [2.75, 3.05) is 30.5 Å². The second-order valence-electron chi connectivity index (χ2n) is 12.4. The molecule has 1 unspecified atom stereocenters. The minimum atomic E-state index is -0.151. The number of nitrogens with one attached hydrogen (secondary N) is 1. The van der Waals surface area contributed by atoms with Gasteiger partial charge in [-0.05, 0) is 117 Å². The molecule has 2 aliphatic heterocycles. The largest absolute Gasteiger partial charge is 0.618 e. The molecule has 9 nitrogen and oxygen atoms in total. The minimum absolute atomic E-state index is 0.0205. The molecule has 1 aliphatic carbocycles. The Bertz CT molecular complexity index is 1650. The maximum Gasteiger partial charge on any atom is 0.262 e. The Balaban J connectivity index is 0.938. The molecule has 244 valence electrons. The number of ether oxygens (including phenoxy) is 3. The van der Waals surface area contributed by atoms with Gasteiger partial charge in [-0.15, -0.1) is 0 Å². The van der Waals surface area contributed by atoms with E-state index in [0.29, 0.717) is 36.0 Å². The van der Waals surface area contributed by atoms with Gasteiger partial charge in [0.15, 0.2) is 22.9 Å². The number of amides is 1. The SMILES string of the molecule is COc1c(OCCCCCCCOc2ccc3c(c2)C(=O)N(c2ccc(I)cc2C)C(C)N3)cn2c1C=[N+]([O-])C1=CCCC[C@H]1C2. The van der Waals surface area contributed by atoms with Gasteiger partial charge >= 0.3 is 0 Å². The number of methoxy groups -OCH3 is 1. The molecule has 2 aromatic carbocycles. The van der Waals surface area contributed by atoms with Gasteiger partial charge in [0.2, 0.25) is 6.21 Å². The Morgan fingerprint density at radius 2 is 1.85 bits per heavy atom. The molecule has 0 bridgehead atoms. The number of carbonyl (C=O) groups is 1. The topological polar surface area (TPSA) is 91.0 Å². The van der Waals surface area contributed by atoms with Gasteiger partial charge in [0.25, 0.3) is 5.91 Å². The first-order chi connectivity index (χ1) is 22.3. The molecule has 3 aromatic rings. The van der Waals surface area contributed by atoms with Crippen LogP contribution in [-0.4, -0.2) is 47.9 Å². The molecule has 1 amide bonds. The van der Waals surface area contributed by atoms with Crippen LogP contribution in [0.5, 0.6) is 17.2 Å². The first-order valence-corrected chi connectivity index (χ1v) is 17.5. The summed E-state index contributed by atoms with van der Waals surface area (Å²) in [6.07, 6.45) is 13.7. The van der Waals surface area contributed by atoms with Crippen molar-refractivity contribution in [3.05, 3.63) is 80.0 Å². The summed E-state index contributed by atoms with van der Waals surface area (Å²) in [5.41, 5.74) is 5.09. The van der Waals surface area contributed by atoms with Crippen LogP contribution in [0.4, 0.5) is 11.4 Å². The van der Waals surface area contributed by atoms with Crippen LogP contribution in [0.1, 0.15) is 79.9 Å².